The van der Waals surface area contributed by atoms with Gasteiger partial charge in [0.1, 0.15) is 11.0 Å². The van der Waals surface area contributed by atoms with E-state index in [9.17, 15) is 8.42 Å². The van der Waals surface area contributed by atoms with Crippen LogP contribution in [-0.4, -0.2) is 23.4 Å². The lowest BCUT2D eigenvalue weighted by atomic mass is 10.2. The van der Waals surface area contributed by atoms with Gasteiger partial charge in [-0.15, -0.1) is 10.2 Å². The number of nitrogens with zero attached hydrogens (tertiary/aromatic N) is 3. The number of nitrogens with two attached hydrogens (primary N) is 1. The van der Waals surface area contributed by atoms with E-state index in [-0.39, 0.29) is 4.90 Å². The Bertz CT molecular complexity index is 1220. The summed E-state index contributed by atoms with van der Waals surface area (Å²) >= 11 is 0. The van der Waals surface area contributed by atoms with Crippen molar-refractivity contribution in [3.05, 3.63) is 71.8 Å². The molecule has 4 aromatic rings. The van der Waals surface area contributed by atoms with E-state index in [1.54, 1.807) is 30.3 Å². The highest BCUT2D eigenvalue weighted by atomic mass is 32.2. The summed E-state index contributed by atoms with van der Waals surface area (Å²) in [6.07, 6.45) is 0. The Kier molecular flexibility index (Phi) is 4.27. The van der Waals surface area contributed by atoms with Gasteiger partial charge in [0.15, 0.2) is 0 Å². The number of nitrogen functional groups attached to an aromatic ring is 1. The number of aryl methyl sites for hydroxylation is 2. The molecule has 0 saturated carbocycles. The van der Waals surface area contributed by atoms with E-state index in [2.05, 4.69) is 14.9 Å². The largest absolute Gasteiger partial charge is 0.398 e. The molecule has 0 unspecified atom stereocenters. The van der Waals surface area contributed by atoms with Gasteiger partial charge in [0, 0.05) is 11.4 Å². The minimum Gasteiger partial charge on any atom is -0.398 e. The first-order chi connectivity index (χ1) is 13.3. The van der Waals surface area contributed by atoms with Gasteiger partial charge in [-0.2, -0.15) is 4.80 Å². The van der Waals surface area contributed by atoms with E-state index in [1.807, 2.05) is 32.0 Å². The van der Waals surface area contributed by atoms with E-state index in [1.165, 1.54) is 16.9 Å². The van der Waals surface area contributed by atoms with Crippen molar-refractivity contribution >= 4 is 32.4 Å². The fraction of sp³-hybridized carbons (Fsp3) is 0.100. The van der Waals surface area contributed by atoms with Crippen molar-refractivity contribution < 1.29 is 8.42 Å². The van der Waals surface area contributed by atoms with Gasteiger partial charge in [-0.1, -0.05) is 17.7 Å². The lowest BCUT2D eigenvalue weighted by Gasteiger charge is -2.09. The number of nitrogens with one attached hydrogen (secondary N) is 1. The molecule has 0 radical (unpaired) electrons. The third kappa shape index (κ3) is 3.41. The second-order valence-electron chi connectivity index (χ2n) is 6.65. The van der Waals surface area contributed by atoms with Crippen LogP contribution in [0.15, 0.2) is 65.6 Å². The Morgan fingerprint density at radius 3 is 2.14 bits per heavy atom. The van der Waals surface area contributed by atoms with Crippen LogP contribution >= 0.6 is 0 Å². The summed E-state index contributed by atoms with van der Waals surface area (Å²) in [4.78, 5) is 1.63. The molecule has 28 heavy (non-hydrogen) atoms. The Morgan fingerprint density at radius 1 is 0.893 bits per heavy atom. The summed E-state index contributed by atoms with van der Waals surface area (Å²) in [6, 6.07) is 17.2. The second kappa shape index (κ2) is 6.65. The van der Waals surface area contributed by atoms with E-state index in [0.717, 1.165) is 16.6 Å². The maximum atomic E-state index is 12.6. The number of anilines is 2. The molecule has 0 aliphatic heterocycles. The molecule has 4 rings (SSSR count). The third-order valence-corrected chi connectivity index (χ3v) is 5.85. The Morgan fingerprint density at radius 2 is 1.50 bits per heavy atom. The number of hydrogen-bond acceptors (Lipinski definition) is 5. The molecule has 7 nitrogen and oxygen atoms in total. The lowest BCUT2D eigenvalue weighted by molar-refractivity contribution is 0.601. The first-order valence-electron chi connectivity index (χ1n) is 8.65. The average molecular weight is 393 g/mol. The monoisotopic (exact) mass is 393 g/mol. The van der Waals surface area contributed by atoms with E-state index in [4.69, 9.17) is 5.73 Å². The zero-order valence-corrected chi connectivity index (χ0v) is 16.2. The molecule has 1 aromatic heterocycles. The van der Waals surface area contributed by atoms with Gasteiger partial charge in [0.05, 0.1) is 10.6 Å². The maximum absolute atomic E-state index is 12.6. The highest BCUT2D eigenvalue weighted by Crippen LogP contribution is 2.21. The molecular weight excluding hydrogens is 374 g/mol. The molecule has 0 bridgehead atoms. The predicted octanol–water partition coefficient (Wildman–Crippen LogP) is 3.42. The van der Waals surface area contributed by atoms with Crippen LogP contribution in [0.3, 0.4) is 0 Å². The minimum atomic E-state index is -3.68. The van der Waals surface area contributed by atoms with Gasteiger partial charge in [0.25, 0.3) is 10.0 Å². The van der Waals surface area contributed by atoms with Crippen LogP contribution in [-0.2, 0) is 10.0 Å². The Balaban J connectivity index is 1.62. The Labute approximate surface area is 162 Å². The summed E-state index contributed by atoms with van der Waals surface area (Å²) in [5.74, 6) is 0. The highest BCUT2D eigenvalue weighted by Gasteiger charge is 2.15. The number of rotatable bonds is 4. The van der Waals surface area contributed by atoms with Crippen molar-refractivity contribution in [2.45, 2.75) is 18.7 Å². The average Bonchev–Trinajstić information content (AvgIpc) is 3.07. The Hall–Kier alpha value is -3.39. The number of benzene rings is 3. The van der Waals surface area contributed by atoms with Crippen LogP contribution < -0.4 is 10.5 Å². The van der Waals surface area contributed by atoms with Crippen LogP contribution in [0.1, 0.15) is 11.1 Å². The molecule has 0 aliphatic rings. The van der Waals surface area contributed by atoms with Crippen molar-refractivity contribution in [1.82, 2.24) is 15.0 Å². The van der Waals surface area contributed by atoms with E-state index < -0.39 is 10.0 Å². The normalized spacial score (nSPS) is 11.6. The van der Waals surface area contributed by atoms with Crippen LogP contribution in [0.4, 0.5) is 11.4 Å². The highest BCUT2D eigenvalue weighted by molar-refractivity contribution is 7.92. The fourth-order valence-corrected chi connectivity index (χ4v) is 3.85. The molecule has 0 aliphatic carbocycles. The van der Waals surface area contributed by atoms with Crippen molar-refractivity contribution in [2.75, 3.05) is 10.5 Å². The number of hydrogen-bond donors (Lipinski definition) is 2. The SMILES string of the molecule is Cc1ccc(NS(=O)(=O)c2ccc(-n3nc4cc(C)c(N)cc4n3)cc2)cc1. The molecule has 1 heterocycles. The first kappa shape index (κ1) is 18.0. The summed E-state index contributed by atoms with van der Waals surface area (Å²) in [5, 5.41) is 8.85. The number of aromatic nitrogens is 3. The summed E-state index contributed by atoms with van der Waals surface area (Å²) in [6.45, 7) is 3.86. The molecule has 142 valence electrons. The molecule has 0 atom stereocenters. The fourth-order valence-electron chi connectivity index (χ4n) is 2.79. The van der Waals surface area contributed by atoms with Crippen LogP contribution in [0.2, 0.25) is 0 Å². The zero-order chi connectivity index (χ0) is 19.9. The lowest BCUT2D eigenvalue weighted by Crippen LogP contribution is -2.13. The van der Waals surface area contributed by atoms with Crippen molar-refractivity contribution in [3.63, 3.8) is 0 Å². The van der Waals surface area contributed by atoms with Gasteiger partial charge in [-0.05, 0) is 67.9 Å². The van der Waals surface area contributed by atoms with Gasteiger partial charge in [0.2, 0.25) is 0 Å². The van der Waals surface area contributed by atoms with Crippen molar-refractivity contribution in [3.8, 4) is 5.69 Å². The maximum Gasteiger partial charge on any atom is 0.261 e. The summed E-state index contributed by atoms with van der Waals surface area (Å²) < 4.78 is 27.7. The van der Waals surface area contributed by atoms with Gasteiger partial charge >= 0.3 is 0 Å². The van der Waals surface area contributed by atoms with Crippen LogP contribution in [0.25, 0.3) is 16.7 Å². The number of sulfonamides is 1. The topological polar surface area (TPSA) is 103 Å². The number of fused-ring (bicyclic) bond motifs is 1. The molecule has 3 N–H and O–H groups in total. The molecule has 0 spiro atoms. The van der Waals surface area contributed by atoms with Crippen molar-refractivity contribution in [1.29, 1.82) is 0 Å². The van der Waals surface area contributed by atoms with Gasteiger partial charge in [-0.25, -0.2) is 8.42 Å². The standard InChI is InChI=1S/C20H19N5O2S/c1-13-3-5-15(6-4-13)24-28(26,27)17-9-7-16(8-10-17)25-22-19-11-14(2)18(21)12-20(19)23-25/h3-12,24H,21H2,1-2H3. The van der Waals surface area contributed by atoms with Gasteiger partial charge in [-0.3, -0.25) is 4.72 Å². The third-order valence-electron chi connectivity index (χ3n) is 4.45. The molecule has 0 saturated heterocycles. The molecule has 8 heteroatoms. The quantitative estimate of drug-likeness (QED) is 0.517. The van der Waals surface area contributed by atoms with E-state index >= 15 is 0 Å². The van der Waals surface area contributed by atoms with Gasteiger partial charge < -0.3 is 5.73 Å². The molecule has 0 fully saturated rings. The van der Waals surface area contributed by atoms with Crippen LogP contribution in [0.5, 0.6) is 0 Å². The molecule has 3 aromatic carbocycles. The predicted molar refractivity (Wildman–Crippen MR) is 110 cm³/mol. The van der Waals surface area contributed by atoms with Crippen molar-refractivity contribution in [2.24, 2.45) is 0 Å². The zero-order valence-electron chi connectivity index (χ0n) is 15.4. The summed E-state index contributed by atoms with van der Waals surface area (Å²) in [7, 11) is -3.68. The van der Waals surface area contributed by atoms with E-state index in [0.29, 0.717) is 22.6 Å². The molecule has 0 amide bonds. The first-order valence-corrected chi connectivity index (χ1v) is 10.1. The minimum absolute atomic E-state index is 0.161. The van der Waals surface area contributed by atoms with Crippen LogP contribution in [0, 0.1) is 13.8 Å². The second-order valence-corrected chi connectivity index (χ2v) is 8.33. The molecular formula is C20H19N5O2S. The summed E-state index contributed by atoms with van der Waals surface area (Å²) in [5.41, 5.74) is 11.1. The smallest absolute Gasteiger partial charge is 0.261 e.